The molecule has 8 nitrogen and oxygen atoms in total. The van der Waals surface area contributed by atoms with Crippen LogP contribution in [-0.2, 0) is 10.0 Å². The van der Waals surface area contributed by atoms with E-state index >= 15 is 0 Å². The molecule has 9 heteroatoms. The Bertz CT molecular complexity index is 1000. The van der Waals surface area contributed by atoms with Crippen LogP contribution in [0.5, 0.6) is 5.75 Å². The van der Waals surface area contributed by atoms with Gasteiger partial charge in [-0.15, -0.1) is 0 Å². The minimum Gasteiger partial charge on any atom is -0.496 e. The number of nitrogens with one attached hydrogen (secondary N) is 2. The standard InChI is InChI=1S/C21H25N3O5S/c1-29-19-12-11-17(30(27,28)24-13-7-2-3-8-14-24)15-18(19)21(26)23-22-20(25)16-9-5-4-6-10-16/h4-6,9-12,15H,2-3,7-8,13-14H2,1H3,(H,22,25)(H,23,26). The smallest absolute Gasteiger partial charge is 0.273 e. The van der Waals surface area contributed by atoms with Crippen LogP contribution >= 0.6 is 0 Å². The molecule has 2 aromatic carbocycles. The quantitative estimate of drug-likeness (QED) is 0.707. The minimum absolute atomic E-state index is 0.0155. The molecule has 3 rings (SSSR count). The van der Waals surface area contributed by atoms with Gasteiger partial charge in [-0.2, -0.15) is 4.31 Å². The first kappa shape index (κ1) is 21.8. The third-order valence-corrected chi connectivity index (χ3v) is 6.84. The van der Waals surface area contributed by atoms with Crippen LogP contribution in [0.2, 0.25) is 0 Å². The van der Waals surface area contributed by atoms with Crippen molar-refractivity contribution in [3.05, 3.63) is 59.7 Å². The van der Waals surface area contributed by atoms with Crippen LogP contribution in [0.15, 0.2) is 53.4 Å². The molecule has 0 bridgehead atoms. The molecule has 0 radical (unpaired) electrons. The highest BCUT2D eigenvalue weighted by Crippen LogP contribution is 2.26. The summed E-state index contributed by atoms with van der Waals surface area (Å²) in [4.78, 5) is 24.8. The Labute approximate surface area is 176 Å². The molecule has 0 aliphatic carbocycles. The van der Waals surface area contributed by atoms with Crippen molar-refractivity contribution >= 4 is 21.8 Å². The third-order valence-electron chi connectivity index (χ3n) is 4.94. The van der Waals surface area contributed by atoms with E-state index in [1.165, 1.54) is 29.6 Å². The molecule has 0 aromatic heterocycles. The van der Waals surface area contributed by atoms with Crippen molar-refractivity contribution in [1.82, 2.24) is 15.2 Å². The molecule has 0 unspecified atom stereocenters. The monoisotopic (exact) mass is 431 g/mol. The van der Waals surface area contributed by atoms with E-state index < -0.39 is 21.8 Å². The number of ether oxygens (including phenoxy) is 1. The molecule has 1 aliphatic rings. The first-order valence-corrected chi connectivity index (χ1v) is 11.2. The van der Waals surface area contributed by atoms with Gasteiger partial charge in [0.05, 0.1) is 17.6 Å². The Morgan fingerprint density at radius 3 is 2.17 bits per heavy atom. The highest BCUT2D eigenvalue weighted by Gasteiger charge is 2.27. The van der Waals surface area contributed by atoms with Gasteiger partial charge in [0.2, 0.25) is 10.0 Å². The fourth-order valence-corrected chi connectivity index (χ4v) is 4.84. The van der Waals surface area contributed by atoms with Gasteiger partial charge in [-0.1, -0.05) is 31.0 Å². The van der Waals surface area contributed by atoms with Gasteiger partial charge in [0.15, 0.2) is 0 Å². The number of hydrazine groups is 1. The number of carbonyl (C=O) groups is 2. The van der Waals surface area contributed by atoms with Crippen LogP contribution in [0.1, 0.15) is 46.4 Å². The normalized spacial score (nSPS) is 15.1. The summed E-state index contributed by atoms with van der Waals surface area (Å²) >= 11 is 0. The lowest BCUT2D eigenvalue weighted by molar-refractivity contribution is 0.0844. The first-order chi connectivity index (χ1) is 14.4. The molecule has 1 saturated heterocycles. The second-order valence-corrected chi connectivity index (χ2v) is 8.89. The predicted octanol–water partition coefficient (Wildman–Crippen LogP) is 2.33. The predicted molar refractivity (Wildman–Crippen MR) is 112 cm³/mol. The van der Waals surface area contributed by atoms with Gasteiger partial charge in [-0.05, 0) is 43.2 Å². The van der Waals surface area contributed by atoms with Crippen molar-refractivity contribution in [2.75, 3.05) is 20.2 Å². The highest BCUT2D eigenvalue weighted by molar-refractivity contribution is 7.89. The molecular weight excluding hydrogens is 406 g/mol. The number of benzene rings is 2. The van der Waals surface area contributed by atoms with Crippen LogP contribution in [0.4, 0.5) is 0 Å². The summed E-state index contributed by atoms with van der Waals surface area (Å²) in [7, 11) is -2.34. The van der Waals surface area contributed by atoms with Crippen molar-refractivity contribution in [3.8, 4) is 5.75 Å². The van der Waals surface area contributed by atoms with Crippen molar-refractivity contribution < 1.29 is 22.7 Å². The van der Waals surface area contributed by atoms with E-state index in [4.69, 9.17) is 4.74 Å². The summed E-state index contributed by atoms with van der Waals surface area (Å²) in [6, 6.07) is 12.6. The Hall–Kier alpha value is -2.91. The number of methoxy groups -OCH3 is 1. The summed E-state index contributed by atoms with van der Waals surface area (Å²) in [5.74, 6) is -0.961. The van der Waals surface area contributed by atoms with Gasteiger partial charge in [-0.25, -0.2) is 8.42 Å². The Kier molecular flexibility index (Phi) is 7.07. The summed E-state index contributed by atoms with van der Waals surface area (Å²) in [6.45, 7) is 0.923. The number of carbonyl (C=O) groups excluding carboxylic acids is 2. The van der Waals surface area contributed by atoms with Crippen LogP contribution < -0.4 is 15.6 Å². The Morgan fingerprint density at radius 2 is 1.53 bits per heavy atom. The first-order valence-electron chi connectivity index (χ1n) is 9.77. The fraction of sp³-hybridized carbons (Fsp3) is 0.333. The Balaban J connectivity index is 1.80. The molecule has 160 valence electrons. The lowest BCUT2D eigenvalue weighted by Crippen LogP contribution is -2.41. The fourth-order valence-electron chi connectivity index (χ4n) is 3.30. The molecule has 0 atom stereocenters. The molecule has 1 fully saturated rings. The summed E-state index contributed by atoms with van der Waals surface area (Å²) in [5, 5.41) is 0. The van der Waals surface area contributed by atoms with Crippen molar-refractivity contribution in [1.29, 1.82) is 0 Å². The topological polar surface area (TPSA) is 105 Å². The summed E-state index contributed by atoms with van der Waals surface area (Å²) < 4.78 is 32.8. The largest absolute Gasteiger partial charge is 0.496 e. The zero-order chi connectivity index (χ0) is 21.6. The highest BCUT2D eigenvalue weighted by atomic mass is 32.2. The maximum Gasteiger partial charge on any atom is 0.273 e. The zero-order valence-electron chi connectivity index (χ0n) is 16.8. The van der Waals surface area contributed by atoms with Gasteiger partial charge in [0, 0.05) is 18.7 Å². The van der Waals surface area contributed by atoms with E-state index in [0.717, 1.165) is 25.7 Å². The van der Waals surface area contributed by atoms with E-state index in [1.807, 2.05) is 0 Å². The summed E-state index contributed by atoms with van der Waals surface area (Å²) in [5.41, 5.74) is 5.03. The van der Waals surface area contributed by atoms with E-state index in [-0.39, 0.29) is 16.2 Å². The van der Waals surface area contributed by atoms with Crippen molar-refractivity contribution in [3.63, 3.8) is 0 Å². The van der Waals surface area contributed by atoms with E-state index in [2.05, 4.69) is 10.9 Å². The molecule has 2 amide bonds. The average Bonchev–Trinajstić information content (AvgIpc) is 3.07. The van der Waals surface area contributed by atoms with Crippen LogP contribution in [0, 0.1) is 0 Å². The lowest BCUT2D eigenvalue weighted by atomic mass is 10.2. The number of amides is 2. The van der Waals surface area contributed by atoms with Crippen LogP contribution in [0.3, 0.4) is 0 Å². The van der Waals surface area contributed by atoms with Gasteiger partial charge in [-0.3, -0.25) is 20.4 Å². The minimum atomic E-state index is -3.73. The number of sulfonamides is 1. The van der Waals surface area contributed by atoms with E-state index in [0.29, 0.717) is 18.7 Å². The zero-order valence-corrected chi connectivity index (χ0v) is 17.6. The number of hydrogen-bond donors (Lipinski definition) is 2. The van der Waals surface area contributed by atoms with Crippen LogP contribution in [0.25, 0.3) is 0 Å². The third kappa shape index (κ3) is 4.98. The van der Waals surface area contributed by atoms with Gasteiger partial charge < -0.3 is 4.74 Å². The number of nitrogens with zero attached hydrogens (tertiary/aromatic N) is 1. The van der Waals surface area contributed by atoms with Gasteiger partial charge >= 0.3 is 0 Å². The van der Waals surface area contributed by atoms with Crippen molar-refractivity contribution in [2.24, 2.45) is 0 Å². The SMILES string of the molecule is COc1ccc(S(=O)(=O)N2CCCCCC2)cc1C(=O)NNC(=O)c1ccccc1. The van der Waals surface area contributed by atoms with Crippen LogP contribution in [-0.4, -0.2) is 44.7 Å². The van der Waals surface area contributed by atoms with Crippen molar-refractivity contribution in [2.45, 2.75) is 30.6 Å². The Morgan fingerprint density at radius 1 is 0.900 bits per heavy atom. The molecule has 30 heavy (non-hydrogen) atoms. The average molecular weight is 432 g/mol. The molecular formula is C21H25N3O5S. The molecule has 0 spiro atoms. The van der Waals surface area contributed by atoms with E-state index in [1.54, 1.807) is 30.3 Å². The molecule has 2 N–H and O–H groups in total. The second kappa shape index (κ2) is 9.73. The van der Waals surface area contributed by atoms with E-state index in [9.17, 15) is 18.0 Å². The number of rotatable bonds is 5. The maximum atomic E-state index is 13.0. The lowest BCUT2D eigenvalue weighted by Gasteiger charge is -2.20. The number of hydrogen-bond acceptors (Lipinski definition) is 5. The van der Waals surface area contributed by atoms with Gasteiger partial charge in [0.25, 0.3) is 11.8 Å². The summed E-state index contributed by atoms with van der Waals surface area (Å²) in [6.07, 6.45) is 3.63. The molecule has 2 aromatic rings. The van der Waals surface area contributed by atoms with Gasteiger partial charge in [0.1, 0.15) is 5.75 Å². The molecule has 1 heterocycles. The molecule has 1 aliphatic heterocycles. The second-order valence-electron chi connectivity index (χ2n) is 6.95. The maximum absolute atomic E-state index is 13.0. The molecule has 0 saturated carbocycles.